The van der Waals surface area contributed by atoms with Gasteiger partial charge < -0.3 is 9.88 Å². The van der Waals surface area contributed by atoms with E-state index in [-0.39, 0.29) is 0 Å². The van der Waals surface area contributed by atoms with Crippen LogP contribution in [0.3, 0.4) is 0 Å². The van der Waals surface area contributed by atoms with Crippen molar-refractivity contribution in [3.8, 4) is 0 Å². The maximum atomic E-state index is 4.00. The molecule has 0 spiro atoms. The third kappa shape index (κ3) is 2.60. The molecule has 4 heteroatoms. The van der Waals surface area contributed by atoms with Crippen LogP contribution < -0.4 is 5.32 Å². The zero-order valence-electron chi connectivity index (χ0n) is 7.89. The SMILES string of the molecule is c1cn(CCCNc2ccsc2)cn1. The van der Waals surface area contributed by atoms with Gasteiger partial charge in [0.2, 0.25) is 0 Å². The van der Waals surface area contributed by atoms with Crippen LogP contribution in [0.2, 0.25) is 0 Å². The van der Waals surface area contributed by atoms with Crippen molar-refractivity contribution in [3.05, 3.63) is 35.5 Å². The second kappa shape index (κ2) is 4.81. The molecular formula is C10H13N3S. The molecule has 74 valence electrons. The molecule has 0 aliphatic rings. The summed E-state index contributed by atoms with van der Waals surface area (Å²) in [5, 5.41) is 7.57. The van der Waals surface area contributed by atoms with Gasteiger partial charge in [-0.05, 0) is 17.9 Å². The fourth-order valence-corrected chi connectivity index (χ4v) is 1.89. The number of rotatable bonds is 5. The Morgan fingerprint density at radius 1 is 1.50 bits per heavy atom. The van der Waals surface area contributed by atoms with Gasteiger partial charge >= 0.3 is 0 Å². The lowest BCUT2D eigenvalue weighted by molar-refractivity contribution is 0.661. The van der Waals surface area contributed by atoms with Crippen molar-refractivity contribution in [2.24, 2.45) is 0 Å². The summed E-state index contributed by atoms with van der Waals surface area (Å²) in [5.41, 5.74) is 1.22. The number of hydrogen-bond acceptors (Lipinski definition) is 3. The van der Waals surface area contributed by atoms with Gasteiger partial charge in [0.05, 0.1) is 6.33 Å². The van der Waals surface area contributed by atoms with Crippen LogP contribution in [0.4, 0.5) is 5.69 Å². The van der Waals surface area contributed by atoms with E-state index >= 15 is 0 Å². The van der Waals surface area contributed by atoms with Crippen molar-refractivity contribution in [1.82, 2.24) is 9.55 Å². The summed E-state index contributed by atoms with van der Waals surface area (Å²) in [5.74, 6) is 0. The highest BCUT2D eigenvalue weighted by Gasteiger charge is 1.92. The zero-order chi connectivity index (χ0) is 9.64. The summed E-state index contributed by atoms with van der Waals surface area (Å²) in [7, 11) is 0. The molecule has 2 aromatic rings. The smallest absolute Gasteiger partial charge is 0.0945 e. The van der Waals surface area contributed by atoms with Gasteiger partial charge in [0.15, 0.2) is 0 Å². The van der Waals surface area contributed by atoms with E-state index < -0.39 is 0 Å². The van der Waals surface area contributed by atoms with Crippen LogP contribution in [-0.2, 0) is 6.54 Å². The van der Waals surface area contributed by atoms with E-state index in [1.165, 1.54) is 5.69 Å². The molecule has 2 heterocycles. The van der Waals surface area contributed by atoms with Gasteiger partial charge in [0.25, 0.3) is 0 Å². The van der Waals surface area contributed by atoms with Crippen LogP contribution in [0.1, 0.15) is 6.42 Å². The van der Waals surface area contributed by atoms with Crippen LogP contribution in [0.5, 0.6) is 0 Å². The minimum Gasteiger partial charge on any atom is -0.384 e. The minimum absolute atomic E-state index is 1.01. The fourth-order valence-electron chi connectivity index (χ4n) is 1.28. The number of anilines is 1. The Kier molecular flexibility index (Phi) is 3.19. The first kappa shape index (κ1) is 9.27. The highest BCUT2D eigenvalue weighted by Crippen LogP contribution is 2.11. The Morgan fingerprint density at radius 3 is 3.21 bits per heavy atom. The molecule has 0 aliphatic heterocycles. The molecule has 0 bridgehead atoms. The van der Waals surface area contributed by atoms with Gasteiger partial charge in [-0.25, -0.2) is 4.98 Å². The van der Waals surface area contributed by atoms with Gasteiger partial charge in [-0.2, -0.15) is 11.3 Å². The third-order valence-electron chi connectivity index (χ3n) is 2.00. The maximum absolute atomic E-state index is 4.00. The van der Waals surface area contributed by atoms with Crippen LogP contribution >= 0.6 is 11.3 Å². The van der Waals surface area contributed by atoms with E-state index in [9.17, 15) is 0 Å². The molecule has 0 amide bonds. The zero-order valence-corrected chi connectivity index (χ0v) is 8.70. The van der Waals surface area contributed by atoms with Crippen molar-refractivity contribution in [2.75, 3.05) is 11.9 Å². The summed E-state index contributed by atoms with van der Waals surface area (Å²) >= 11 is 1.72. The average Bonchev–Trinajstić information content (AvgIpc) is 2.86. The largest absolute Gasteiger partial charge is 0.384 e. The minimum atomic E-state index is 1.01. The molecule has 0 atom stereocenters. The maximum Gasteiger partial charge on any atom is 0.0945 e. The molecule has 3 nitrogen and oxygen atoms in total. The molecule has 0 aromatic carbocycles. The standard InChI is InChI=1S/C10H13N3S/c1(5-13-6-4-11-9-13)3-12-10-2-7-14-8-10/h2,4,6-9,12H,1,3,5H2. The molecule has 0 fully saturated rings. The number of thiophene rings is 1. The van der Waals surface area contributed by atoms with Crippen molar-refractivity contribution >= 4 is 17.0 Å². The molecule has 2 rings (SSSR count). The predicted molar refractivity (Wildman–Crippen MR) is 59.7 cm³/mol. The monoisotopic (exact) mass is 207 g/mol. The van der Waals surface area contributed by atoms with E-state index in [2.05, 4.69) is 31.7 Å². The van der Waals surface area contributed by atoms with Gasteiger partial charge in [-0.15, -0.1) is 0 Å². The second-order valence-electron chi connectivity index (χ2n) is 3.09. The number of aryl methyl sites for hydroxylation is 1. The number of imidazole rings is 1. The molecule has 0 unspecified atom stereocenters. The summed E-state index contributed by atoms with van der Waals surface area (Å²) in [6.07, 6.45) is 6.77. The molecular weight excluding hydrogens is 194 g/mol. The van der Waals surface area contributed by atoms with Gasteiger partial charge in [-0.1, -0.05) is 0 Å². The first-order chi connectivity index (χ1) is 6.95. The lowest BCUT2D eigenvalue weighted by Crippen LogP contribution is -2.04. The van der Waals surface area contributed by atoms with Crippen LogP contribution in [0.15, 0.2) is 35.5 Å². The highest BCUT2D eigenvalue weighted by atomic mass is 32.1. The number of hydrogen-bond donors (Lipinski definition) is 1. The summed E-state index contributed by atoms with van der Waals surface area (Å²) in [6, 6.07) is 2.10. The topological polar surface area (TPSA) is 29.9 Å². The molecule has 1 N–H and O–H groups in total. The van der Waals surface area contributed by atoms with Crippen LogP contribution in [0, 0.1) is 0 Å². The first-order valence-corrected chi connectivity index (χ1v) is 5.61. The third-order valence-corrected chi connectivity index (χ3v) is 2.69. The summed E-state index contributed by atoms with van der Waals surface area (Å²) in [4.78, 5) is 4.00. The Balaban J connectivity index is 1.65. The predicted octanol–water partition coefficient (Wildman–Crippen LogP) is 2.45. The van der Waals surface area contributed by atoms with Gasteiger partial charge in [0.1, 0.15) is 0 Å². The van der Waals surface area contributed by atoms with E-state index in [0.717, 1.165) is 19.5 Å². The van der Waals surface area contributed by atoms with E-state index in [4.69, 9.17) is 0 Å². The number of nitrogens with one attached hydrogen (secondary N) is 1. The molecule has 0 aliphatic carbocycles. The van der Waals surface area contributed by atoms with Crippen LogP contribution in [-0.4, -0.2) is 16.1 Å². The Hall–Kier alpha value is -1.29. The van der Waals surface area contributed by atoms with Gasteiger partial charge in [0, 0.05) is 36.6 Å². The number of nitrogens with zero attached hydrogens (tertiary/aromatic N) is 2. The van der Waals surface area contributed by atoms with Gasteiger partial charge in [-0.3, -0.25) is 0 Å². The normalized spacial score (nSPS) is 10.3. The van der Waals surface area contributed by atoms with E-state index in [1.54, 1.807) is 11.3 Å². The lowest BCUT2D eigenvalue weighted by atomic mass is 10.4. The molecule has 14 heavy (non-hydrogen) atoms. The highest BCUT2D eigenvalue weighted by molar-refractivity contribution is 7.08. The Labute approximate surface area is 87.4 Å². The summed E-state index contributed by atoms with van der Waals surface area (Å²) < 4.78 is 2.09. The lowest BCUT2D eigenvalue weighted by Gasteiger charge is -2.04. The quantitative estimate of drug-likeness (QED) is 0.763. The average molecular weight is 207 g/mol. The Morgan fingerprint density at radius 2 is 2.50 bits per heavy atom. The fraction of sp³-hybridized carbons (Fsp3) is 0.300. The molecule has 0 saturated carbocycles. The molecule has 0 radical (unpaired) electrons. The molecule has 2 aromatic heterocycles. The van der Waals surface area contributed by atoms with Crippen LogP contribution in [0.25, 0.3) is 0 Å². The van der Waals surface area contributed by atoms with Crippen molar-refractivity contribution < 1.29 is 0 Å². The van der Waals surface area contributed by atoms with Crippen molar-refractivity contribution in [3.63, 3.8) is 0 Å². The van der Waals surface area contributed by atoms with Crippen molar-refractivity contribution in [1.29, 1.82) is 0 Å². The van der Waals surface area contributed by atoms with E-state index in [0.29, 0.717) is 0 Å². The first-order valence-electron chi connectivity index (χ1n) is 4.67. The van der Waals surface area contributed by atoms with Crippen molar-refractivity contribution in [2.45, 2.75) is 13.0 Å². The summed E-state index contributed by atoms with van der Waals surface area (Å²) in [6.45, 7) is 2.03. The van der Waals surface area contributed by atoms with E-state index in [1.807, 2.05) is 18.7 Å². The Bertz CT molecular complexity index is 303. The number of aromatic nitrogens is 2. The molecule has 0 saturated heterocycles. The second-order valence-corrected chi connectivity index (χ2v) is 3.87.